The first-order chi connectivity index (χ1) is 10.6. The average Bonchev–Trinajstić information content (AvgIpc) is 2.55. The van der Waals surface area contributed by atoms with Crippen molar-refractivity contribution in [1.29, 1.82) is 0 Å². The van der Waals surface area contributed by atoms with Crippen molar-refractivity contribution in [3.05, 3.63) is 35.4 Å². The molecule has 0 aromatic heterocycles. The van der Waals surface area contributed by atoms with E-state index in [0.717, 1.165) is 31.4 Å². The molecule has 0 aliphatic carbocycles. The number of rotatable bonds is 8. The normalized spacial score (nSPS) is 21.5. The molecule has 124 valence electrons. The molecule has 1 aromatic carbocycles. The third kappa shape index (κ3) is 5.36. The Hall–Kier alpha value is -0.380. The average molecular weight is 369 g/mol. The number of unbranched alkanes of at least 4 members (excludes halogenated alkanes) is 1. The predicted molar refractivity (Wildman–Crippen MR) is 95.7 cm³/mol. The lowest BCUT2D eigenvalue weighted by atomic mass is 9.78. The minimum Gasteiger partial charge on any atom is -0.353 e. The van der Waals surface area contributed by atoms with Crippen LogP contribution in [0.4, 0.5) is 0 Å². The molecule has 1 aliphatic rings. The van der Waals surface area contributed by atoms with Crippen LogP contribution in [0.25, 0.3) is 0 Å². The summed E-state index contributed by atoms with van der Waals surface area (Å²) in [6.07, 6.45) is 6.98. The zero-order valence-electron chi connectivity index (χ0n) is 13.9. The molecule has 1 heterocycles. The highest BCUT2D eigenvalue weighted by atomic mass is 79.9. The summed E-state index contributed by atoms with van der Waals surface area (Å²) in [5.74, 6) is 0. The lowest BCUT2D eigenvalue weighted by molar-refractivity contribution is -0.171. The number of alkyl halides is 1. The largest absolute Gasteiger partial charge is 0.353 e. The van der Waals surface area contributed by atoms with Gasteiger partial charge in [-0.2, -0.15) is 0 Å². The van der Waals surface area contributed by atoms with E-state index in [4.69, 9.17) is 9.47 Å². The van der Waals surface area contributed by atoms with Gasteiger partial charge in [0.2, 0.25) is 0 Å². The first-order valence-corrected chi connectivity index (χ1v) is 9.62. The van der Waals surface area contributed by atoms with Crippen LogP contribution in [0, 0.1) is 6.92 Å². The van der Waals surface area contributed by atoms with Crippen molar-refractivity contribution in [1.82, 2.24) is 0 Å². The van der Waals surface area contributed by atoms with E-state index in [1.807, 2.05) is 0 Å². The number of hydrogen-bond donors (Lipinski definition) is 0. The summed E-state index contributed by atoms with van der Waals surface area (Å²) in [4.78, 5) is 0. The molecule has 0 bridgehead atoms. The van der Waals surface area contributed by atoms with E-state index in [0.29, 0.717) is 0 Å². The first-order valence-electron chi connectivity index (χ1n) is 8.50. The van der Waals surface area contributed by atoms with Gasteiger partial charge in [0.1, 0.15) is 0 Å². The minimum atomic E-state index is -0.00491. The maximum Gasteiger partial charge on any atom is 0.157 e. The van der Waals surface area contributed by atoms with Gasteiger partial charge in [-0.05, 0) is 44.6 Å². The molecule has 0 N–H and O–H groups in total. The molecule has 2 atom stereocenters. The molecule has 0 amide bonds. The molecule has 2 unspecified atom stereocenters. The standard InChI is InChI=1S/C19H29BrO2/c1-16-8-10-17(11-9-16)19(2,12-4-5-13-20)15-22-18-7-3-6-14-21-18/h8-11,18H,3-7,12-15H2,1-2H3. The number of aryl methyl sites for hydroxylation is 1. The summed E-state index contributed by atoms with van der Waals surface area (Å²) in [6, 6.07) is 8.92. The monoisotopic (exact) mass is 368 g/mol. The van der Waals surface area contributed by atoms with Crippen molar-refractivity contribution in [2.45, 2.75) is 64.1 Å². The Labute approximate surface area is 143 Å². The van der Waals surface area contributed by atoms with Crippen molar-refractivity contribution < 1.29 is 9.47 Å². The Bertz CT molecular complexity index is 426. The number of halogens is 1. The van der Waals surface area contributed by atoms with Crippen molar-refractivity contribution in [3.8, 4) is 0 Å². The zero-order valence-corrected chi connectivity index (χ0v) is 15.5. The van der Waals surface area contributed by atoms with Crippen LogP contribution in [-0.2, 0) is 14.9 Å². The molecule has 2 nitrogen and oxygen atoms in total. The number of benzene rings is 1. The Kier molecular flexibility index (Phi) is 7.39. The molecular formula is C19H29BrO2. The summed E-state index contributed by atoms with van der Waals surface area (Å²) < 4.78 is 11.9. The van der Waals surface area contributed by atoms with Crippen LogP contribution in [0.2, 0.25) is 0 Å². The van der Waals surface area contributed by atoms with Crippen molar-refractivity contribution in [2.75, 3.05) is 18.5 Å². The zero-order chi connectivity index (χ0) is 15.8. The third-order valence-electron chi connectivity index (χ3n) is 4.59. The number of ether oxygens (including phenoxy) is 2. The van der Waals surface area contributed by atoms with Crippen molar-refractivity contribution in [3.63, 3.8) is 0 Å². The van der Waals surface area contributed by atoms with Crippen molar-refractivity contribution in [2.24, 2.45) is 0 Å². The van der Waals surface area contributed by atoms with Crippen molar-refractivity contribution >= 4 is 15.9 Å². The van der Waals surface area contributed by atoms with Gasteiger partial charge in [-0.15, -0.1) is 0 Å². The topological polar surface area (TPSA) is 18.5 Å². The highest BCUT2D eigenvalue weighted by Gasteiger charge is 2.28. The van der Waals surface area contributed by atoms with Gasteiger partial charge in [0.05, 0.1) is 6.61 Å². The van der Waals surface area contributed by atoms with Gasteiger partial charge in [0.25, 0.3) is 0 Å². The molecule has 1 aliphatic heterocycles. The van der Waals surface area contributed by atoms with E-state index < -0.39 is 0 Å². The molecular weight excluding hydrogens is 340 g/mol. The second-order valence-corrected chi connectivity index (χ2v) is 7.47. The molecule has 1 fully saturated rings. The van der Waals surface area contributed by atoms with Crippen LogP contribution in [0.3, 0.4) is 0 Å². The summed E-state index contributed by atoms with van der Waals surface area (Å²) in [5.41, 5.74) is 2.75. The van der Waals surface area contributed by atoms with Gasteiger partial charge in [0, 0.05) is 17.4 Å². The smallest absolute Gasteiger partial charge is 0.157 e. The SMILES string of the molecule is Cc1ccc(C(C)(CCCCBr)COC2CCCCO2)cc1. The molecule has 22 heavy (non-hydrogen) atoms. The van der Waals surface area contributed by atoms with Crippen LogP contribution in [-0.4, -0.2) is 24.8 Å². The Morgan fingerprint density at radius 2 is 2.00 bits per heavy atom. The third-order valence-corrected chi connectivity index (χ3v) is 5.15. The maximum absolute atomic E-state index is 6.13. The highest BCUT2D eigenvalue weighted by Crippen LogP contribution is 2.31. The number of hydrogen-bond acceptors (Lipinski definition) is 2. The molecule has 1 saturated heterocycles. The van der Waals surface area contributed by atoms with Crippen LogP contribution >= 0.6 is 15.9 Å². The molecule has 0 spiro atoms. The lowest BCUT2D eigenvalue weighted by Crippen LogP contribution is -2.33. The summed E-state index contributed by atoms with van der Waals surface area (Å²) in [7, 11) is 0. The van der Waals surface area contributed by atoms with E-state index in [9.17, 15) is 0 Å². The second-order valence-electron chi connectivity index (χ2n) is 6.68. The second kappa shape index (κ2) is 9.05. The Morgan fingerprint density at radius 1 is 1.23 bits per heavy atom. The van der Waals surface area contributed by atoms with E-state index in [2.05, 4.69) is 54.0 Å². The molecule has 0 saturated carbocycles. The molecule has 3 heteroatoms. The lowest BCUT2D eigenvalue weighted by Gasteiger charge is -2.33. The van der Waals surface area contributed by atoms with Gasteiger partial charge in [0.15, 0.2) is 6.29 Å². The first kappa shape index (κ1) is 18.0. The van der Waals surface area contributed by atoms with Crippen LogP contribution in [0.5, 0.6) is 0 Å². The Morgan fingerprint density at radius 3 is 2.64 bits per heavy atom. The van der Waals surface area contributed by atoms with Gasteiger partial charge in [-0.3, -0.25) is 0 Å². The van der Waals surface area contributed by atoms with Crippen LogP contribution in [0.1, 0.15) is 56.6 Å². The molecule has 1 aromatic rings. The molecule has 2 rings (SSSR count). The van der Waals surface area contributed by atoms with E-state index >= 15 is 0 Å². The van der Waals surface area contributed by atoms with Gasteiger partial charge >= 0.3 is 0 Å². The fourth-order valence-corrected chi connectivity index (χ4v) is 3.38. The fraction of sp³-hybridized carbons (Fsp3) is 0.684. The van der Waals surface area contributed by atoms with Gasteiger partial charge in [-0.25, -0.2) is 0 Å². The maximum atomic E-state index is 6.13. The predicted octanol–water partition coefficient (Wildman–Crippen LogP) is 5.36. The highest BCUT2D eigenvalue weighted by molar-refractivity contribution is 9.09. The van der Waals surface area contributed by atoms with Gasteiger partial charge < -0.3 is 9.47 Å². The van der Waals surface area contributed by atoms with E-state index in [1.54, 1.807) is 0 Å². The minimum absolute atomic E-state index is 0.00491. The quantitative estimate of drug-likeness (QED) is 0.454. The van der Waals surface area contributed by atoms with Crippen LogP contribution < -0.4 is 0 Å². The fourth-order valence-electron chi connectivity index (χ4n) is 2.98. The summed E-state index contributed by atoms with van der Waals surface area (Å²) >= 11 is 3.53. The summed E-state index contributed by atoms with van der Waals surface area (Å²) in [6.45, 7) is 6.05. The van der Waals surface area contributed by atoms with Crippen LogP contribution in [0.15, 0.2) is 24.3 Å². The molecule has 0 radical (unpaired) electrons. The summed E-state index contributed by atoms with van der Waals surface area (Å²) in [5, 5.41) is 1.07. The van der Waals surface area contributed by atoms with E-state index in [-0.39, 0.29) is 11.7 Å². The van der Waals surface area contributed by atoms with Gasteiger partial charge in [-0.1, -0.05) is 59.1 Å². The Balaban J connectivity index is 2.01. The van der Waals surface area contributed by atoms with E-state index in [1.165, 1.54) is 36.8 Å².